The van der Waals surface area contributed by atoms with Gasteiger partial charge in [0.25, 0.3) is 5.56 Å². The predicted molar refractivity (Wildman–Crippen MR) is 141 cm³/mol. The largest absolute Gasteiger partial charge is 0.477 e. The van der Waals surface area contributed by atoms with Crippen LogP contribution in [0, 0.1) is 6.92 Å². The van der Waals surface area contributed by atoms with E-state index < -0.39 is 5.97 Å². The lowest BCUT2D eigenvalue weighted by Crippen LogP contribution is -2.26. The van der Waals surface area contributed by atoms with Crippen LogP contribution in [0.25, 0.3) is 27.2 Å². The van der Waals surface area contributed by atoms with Gasteiger partial charge in [-0.05, 0) is 38.6 Å². The third-order valence-corrected chi connectivity index (χ3v) is 7.52. The molecule has 36 heavy (non-hydrogen) atoms. The van der Waals surface area contributed by atoms with Crippen molar-refractivity contribution in [1.29, 1.82) is 0 Å². The molecular formula is C27H25N5O3S. The lowest BCUT2D eigenvalue weighted by molar-refractivity contribution is 0.0701. The maximum absolute atomic E-state index is 12.8. The number of carboxylic acid groups (broad SMARTS) is 1. The van der Waals surface area contributed by atoms with Crippen LogP contribution in [0.4, 0.5) is 0 Å². The van der Waals surface area contributed by atoms with Crippen LogP contribution in [0.15, 0.2) is 71.7 Å². The summed E-state index contributed by atoms with van der Waals surface area (Å²) in [6.07, 6.45) is 2.03. The van der Waals surface area contributed by atoms with Gasteiger partial charge in [-0.1, -0.05) is 48.5 Å². The summed E-state index contributed by atoms with van der Waals surface area (Å²) in [5.74, 6) is -0.560. The highest BCUT2D eigenvalue weighted by Gasteiger charge is 2.23. The van der Waals surface area contributed by atoms with Crippen molar-refractivity contribution in [2.45, 2.75) is 26.4 Å². The molecule has 0 aliphatic rings. The molecule has 8 nitrogen and oxygen atoms in total. The van der Waals surface area contributed by atoms with Gasteiger partial charge in [-0.25, -0.2) is 14.5 Å². The van der Waals surface area contributed by atoms with E-state index >= 15 is 0 Å². The highest BCUT2D eigenvalue weighted by Crippen LogP contribution is 2.30. The van der Waals surface area contributed by atoms with E-state index in [0.29, 0.717) is 28.1 Å². The second-order valence-corrected chi connectivity index (χ2v) is 9.73. The van der Waals surface area contributed by atoms with Gasteiger partial charge in [0.1, 0.15) is 15.5 Å². The van der Waals surface area contributed by atoms with E-state index in [4.69, 9.17) is 5.10 Å². The highest BCUT2D eigenvalue weighted by molar-refractivity contribution is 7.20. The van der Waals surface area contributed by atoms with E-state index in [1.807, 2.05) is 85.5 Å². The number of H-pyrrole nitrogens is 1. The molecule has 0 saturated heterocycles. The Balaban J connectivity index is 1.49. The number of thiophene rings is 1. The molecule has 9 heteroatoms. The number of aromatic amines is 1. The van der Waals surface area contributed by atoms with Gasteiger partial charge in [0.15, 0.2) is 0 Å². The van der Waals surface area contributed by atoms with Crippen LogP contribution in [0.3, 0.4) is 0 Å². The van der Waals surface area contributed by atoms with Gasteiger partial charge in [0, 0.05) is 23.9 Å². The molecule has 3 heterocycles. The maximum Gasteiger partial charge on any atom is 0.346 e. The summed E-state index contributed by atoms with van der Waals surface area (Å²) in [6.45, 7) is 4.17. The molecule has 0 aliphatic heterocycles. The van der Waals surface area contributed by atoms with Crippen LogP contribution in [0.2, 0.25) is 0 Å². The molecule has 0 spiro atoms. The van der Waals surface area contributed by atoms with Gasteiger partial charge >= 0.3 is 5.97 Å². The first-order valence-corrected chi connectivity index (χ1v) is 12.3. The molecule has 0 amide bonds. The maximum atomic E-state index is 12.8. The fraction of sp³-hybridized carbons (Fsp3) is 0.185. The van der Waals surface area contributed by atoms with Crippen molar-refractivity contribution in [3.63, 3.8) is 0 Å². The number of benzene rings is 2. The molecule has 0 aliphatic carbocycles. The summed E-state index contributed by atoms with van der Waals surface area (Å²) in [5, 5.41) is 14.7. The Morgan fingerprint density at radius 3 is 2.47 bits per heavy atom. The average molecular weight is 500 g/mol. The Labute approximate surface area is 211 Å². The molecule has 1 unspecified atom stereocenters. The number of aryl methyl sites for hydroxylation is 1. The third-order valence-electron chi connectivity index (χ3n) is 6.35. The van der Waals surface area contributed by atoms with E-state index in [2.05, 4.69) is 14.9 Å². The summed E-state index contributed by atoms with van der Waals surface area (Å²) >= 11 is 1.03. The number of fused-ring (bicyclic) bond motifs is 1. The van der Waals surface area contributed by atoms with Crippen molar-refractivity contribution in [2.75, 3.05) is 7.05 Å². The van der Waals surface area contributed by atoms with Crippen molar-refractivity contribution in [1.82, 2.24) is 24.6 Å². The number of nitrogens with zero attached hydrogens (tertiary/aromatic N) is 4. The van der Waals surface area contributed by atoms with Gasteiger partial charge in [0.05, 0.1) is 22.8 Å². The van der Waals surface area contributed by atoms with E-state index in [0.717, 1.165) is 33.8 Å². The van der Waals surface area contributed by atoms with Crippen molar-refractivity contribution in [3.05, 3.63) is 99.0 Å². The first kappa shape index (κ1) is 23.7. The van der Waals surface area contributed by atoms with Crippen LogP contribution < -0.4 is 5.56 Å². The van der Waals surface area contributed by atoms with Gasteiger partial charge < -0.3 is 10.1 Å². The molecule has 0 fully saturated rings. The Kier molecular flexibility index (Phi) is 6.26. The predicted octanol–water partition coefficient (Wildman–Crippen LogP) is 5.04. The molecule has 3 aromatic heterocycles. The lowest BCUT2D eigenvalue weighted by atomic mass is 10.1. The fourth-order valence-corrected chi connectivity index (χ4v) is 5.28. The summed E-state index contributed by atoms with van der Waals surface area (Å²) in [4.78, 5) is 34.5. The highest BCUT2D eigenvalue weighted by atomic mass is 32.1. The quantitative estimate of drug-likeness (QED) is 0.325. The Morgan fingerprint density at radius 1 is 1.14 bits per heavy atom. The van der Waals surface area contributed by atoms with E-state index in [1.54, 1.807) is 6.92 Å². The molecule has 2 N–H and O–H groups in total. The molecule has 1 atom stereocenters. The number of rotatable bonds is 7. The smallest absolute Gasteiger partial charge is 0.346 e. The number of aromatic nitrogens is 4. The average Bonchev–Trinajstić information content (AvgIpc) is 3.46. The van der Waals surface area contributed by atoms with E-state index in [1.165, 1.54) is 0 Å². The molecule has 5 rings (SSSR count). The second kappa shape index (κ2) is 9.52. The minimum atomic E-state index is -1.05. The molecule has 0 bridgehead atoms. The standard InChI is InChI=1S/C27H25N5O3S/c1-16-21-25(33)28-24(29-26(21)36-23(16)27(34)35)17(2)31(3)14-19-15-32(20-12-8-5-9-13-20)30-22(19)18-10-6-4-7-11-18/h4-13,15,17H,14H2,1-3H3,(H,34,35)(H,28,29,33). The first-order chi connectivity index (χ1) is 17.3. The van der Waals surface area contributed by atoms with Crippen LogP contribution in [0.5, 0.6) is 0 Å². The zero-order valence-electron chi connectivity index (χ0n) is 20.1. The summed E-state index contributed by atoms with van der Waals surface area (Å²) in [7, 11) is 1.96. The van der Waals surface area contributed by atoms with Crippen molar-refractivity contribution < 1.29 is 9.90 Å². The molecule has 0 radical (unpaired) electrons. The van der Waals surface area contributed by atoms with Crippen LogP contribution >= 0.6 is 11.3 Å². The third kappa shape index (κ3) is 4.34. The van der Waals surface area contributed by atoms with Gasteiger partial charge in [-0.3, -0.25) is 9.69 Å². The van der Waals surface area contributed by atoms with E-state index in [-0.39, 0.29) is 16.5 Å². The number of carbonyl (C=O) groups is 1. The monoisotopic (exact) mass is 499 g/mol. The second-order valence-electron chi connectivity index (χ2n) is 8.73. The normalized spacial score (nSPS) is 12.3. The Hall–Kier alpha value is -4.08. The molecular weight excluding hydrogens is 474 g/mol. The van der Waals surface area contributed by atoms with Gasteiger partial charge in [-0.15, -0.1) is 11.3 Å². The summed E-state index contributed by atoms with van der Waals surface area (Å²) < 4.78 is 1.88. The minimum absolute atomic E-state index is 0.141. The summed E-state index contributed by atoms with van der Waals surface area (Å²) in [6, 6.07) is 19.8. The van der Waals surface area contributed by atoms with Gasteiger partial charge in [-0.2, -0.15) is 5.10 Å². The Morgan fingerprint density at radius 2 is 1.81 bits per heavy atom. The number of aromatic carboxylic acids is 1. The fourth-order valence-electron chi connectivity index (χ4n) is 4.25. The van der Waals surface area contributed by atoms with Crippen LogP contribution in [-0.2, 0) is 6.54 Å². The number of hydrogen-bond acceptors (Lipinski definition) is 6. The topological polar surface area (TPSA) is 104 Å². The lowest BCUT2D eigenvalue weighted by Gasteiger charge is -2.23. The zero-order valence-corrected chi connectivity index (χ0v) is 20.9. The molecule has 5 aromatic rings. The molecule has 0 saturated carbocycles. The van der Waals surface area contributed by atoms with Crippen molar-refractivity contribution in [2.24, 2.45) is 0 Å². The summed E-state index contributed by atoms with van der Waals surface area (Å²) in [5.41, 5.74) is 4.03. The Bertz CT molecular complexity index is 1610. The van der Waals surface area contributed by atoms with Crippen molar-refractivity contribution >= 4 is 27.5 Å². The zero-order chi connectivity index (χ0) is 25.4. The number of para-hydroxylation sites is 1. The first-order valence-electron chi connectivity index (χ1n) is 11.5. The van der Waals surface area contributed by atoms with Gasteiger partial charge in [0.2, 0.25) is 0 Å². The van der Waals surface area contributed by atoms with Crippen LogP contribution in [-0.4, -0.2) is 42.8 Å². The van der Waals surface area contributed by atoms with Crippen LogP contribution in [0.1, 0.15) is 39.6 Å². The number of nitrogens with one attached hydrogen (secondary N) is 1. The minimum Gasteiger partial charge on any atom is -0.477 e. The molecule has 2 aromatic carbocycles. The van der Waals surface area contributed by atoms with Crippen molar-refractivity contribution in [3.8, 4) is 16.9 Å². The van der Waals surface area contributed by atoms with E-state index in [9.17, 15) is 14.7 Å². The number of carboxylic acids is 1. The number of hydrogen-bond donors (Lipinski definition) is 2. The SMILES string of the molecule is Cc1c(C(=O)O)sc2nc(C(C)N(C)Cc3cn(-c4ccccc4)nc3-c3ccccc3)[nH]c(=O)c12. The molecule has 182 valence electrons.